The van der Waals surface area contributed by atoms with E-state index in [-0.39, 0.29) is 17.4 Å². The fourth-order valence-corrected chi connectivity index (χ4v) is 2.31. The molecule has 0 saturated heterocycles. The molecule has 1 heterocycles. The number of aromatic amines is 1. The summed E-state index contributed by atoms with van der Waals surface area (Å²) in [6.45, 7) is 8.50. The van der Waals surface area contributed by atoms with Gasteiger partial charge in [-0.3, -0.25) is 4.79 Å². The van der Waals surface area contributed by atoms with Crippen molar-refractivity contribution in [2.45, 2.75) is 53.0 Å². The van der Waals surface area contributed by atoms with Crippen LogP contribution in [0.4, 0.5) is 0 Å². The predicted molar refractivity (Wildman–Crippen MR) is 88.3 cm³/mol. The maximum absolute atomic E-state index is 12.0. The topological polar surface area (TPSA) is 44.9 Å². The normalized spacial score (nSPS) is 13.3. The van der Waals surface area contributed by atoms with Gasteiger partial charge in [0.25, 0.3) is 0 Å². The van der Waals surface area contributed by atoms with E-state index in [1.807, 2.05) is 6.07 Å². The molecule has 0 fully saturated rings. The number of fused-ring (bicyclic) bond motifs is 1. The first-order valence-electron chi connectivity index (χ1n) is 7.72. The summed E-state index contributed by atoms with van der Waals surface area (Å²) in [4.78, 5) is 15.3. The molecule has 0 aliphatic heterocycles. The van der Waals surface area contributed by atoms with E-state index < -0.39 is 0 Å². The SMILES string of the molecule is CC(NC(=O)CCCc1c[nH]c2ccccc12)C(C)(C)C. The average molecular weight is 286 g/mol. The minimum absolute atomic E-state index is 0.104. The van der Waals surface area contributed by atoms with Gasteiger partial charge in [0.05, 0.1) is 0 Å². The highest BCUT2D eigenvalue weighted by atomic mass is 16.1. The fraction of sp³-hybridized carbons (Fsp3) is 0.500. The second-order valence-corrected chi connectivity index (χ2v) is 6.87. The Kier molecular flexibility index (Phi) is 4.71. The highest BCUT2D eigenvalue weighted by Crippen LogP contribution is 2.20. The van der Waals surface area contributed by atoms with Gasteiger partial charge in [0.1, 0.15) is 0 Å². The lowest BCUT2D eigenvalue weighted by molar-refractivity contribution is -0.122. The van der Waals surface area contributed by atoms with E-state index in [1.54, 1.807) is 0 Å². The van der Waals surface area contributed by atoms with Gasteiger partial charge >= 0.3 is 0 Å². The number of amides is 1. The summed E-state index contributed by atoms with van der Waals surface area (Å²) >= 11 is 0. The Morgan fingerprint density at radius 3 is 2.71 bits per heavy atom. The monoisotopic (exact) mass is 286 g/mol. The van der Waals surface area contributed by atoms with E-state index >= 15 is 0 Å². The number of hydrogen-bond donors (Lipinski definition) is 2. The van der Waals surface area contributed by atoms with Crippen LogP contribution in [0.2, 0.25) is 0 Å². The Balaban J connectivity index is 1.83. The van der Waals surface area contributed by atoms with Gasteiger partial charge in [-0.1, -0.05) is 39.0 Å². The number of nitrogens with one attached hydrogen (secondary N) is 2. The van der Waals surface area contributed by atoms with Gasteiger partial charge in [-0.05, 0) is 36.8 Å². The van der Waals surface area contributed by atoms with Crippen LogP contribution < -0.4 is 5.32 Å². The Morgan fingerprint density at radius 2 is 2.00 bits per heavy atom. The van der Waals surface area contributed by atoms with Crippen molar-refractivity contribution in [2.75, 3.05) is 0 Å². The van der Waals surface area contributed by atoms with E-state index in [2.05, 4.69) is 62.4 Å². The number of aryl methyl sites for hydroxylation is 1. The van der Waals surface area contributed by atoms with Crippen molar-refractivity contribution >= 4 is 16.8 Å². The number of H-pyrrole nitrogens is 1. The van der Waals surface area contributed by atoms with E-state index in [4.69, 9.17) is 0 Å². The number of carbonyl (C=O) groups excluding carboxylic acids is 1. The first-order chi connectivity index (χ1) is 9.88. The van der Waals surface area contributed by atoms with Crippen LogP contribution in [0, 0.1) is 5.41 Å². The first kappa shape index (κ1) is 15.6. The third kappa shape index (κ3) is 4.10. The van der Waals surface area contributed by atoms with Crippen molar-refractivity contribution in [3.05, 3.63) is 36.0 Å². The van der Waals surface area contributed by atoms with Crippen LogP contribution in [0.3, 0.4) is 0 Å². The second kappa shape index (κ2) is 6.33. The molecule has 2 aromatic rings. The Morgan fingerprint density at radius 1 is 1.29 bits per heavy atom. The summed E-state index contributed by atoms with van der Waals surface area (Å²) in [5.74, 6) is 0.150. The summed E-state index contributed by atoms with van der Waals surface area (Å²) in [6, 6.07) is 8.49. The zero-order valence-electron chi connectivity index (χ0n) is 13.5. The van der Waals surface area contributed by atoms with E-state index in [0.717, 1.165) is 12.8 Å². The van der Waals surface area contributed by atoms with Gasteiger partial charge in [-0.2, -0.15) is 0 Å². The maximum Gasteiger partial charge on any atom is 0.220 e. The largest absolute Gasteiger partial charge is 0.361 e. The molecule has 1 amide bonds. The van der Waals surface area contributed by atoms with E-state index in [9.17, 15) is 4.79 Å². The lowest BCUT2D eigenvalue weighted by Gasteiger charge is -2.28. The smallest absolute Gasteiger partial charge is 0.220 e. The van der Waals surface area contributed by atoms with Crippen LogP contribution in [-0.4, -0.2) is 16.9 Å². The van der Waals surface area contributed by atoms with Gasteiger partial charge < -0.3 is 10.3 Å². The van der Waals surface area contributed by atoms with Crippen LogP contribution in [-0.2, 0) is 11.2 Å². The third-order valence-corrected chi connectivity index (χ3v) is 4.20. The van der Waals surface area contributed by atoms with Gasteiger partial charge in [0, 0.05) is 29.6 Å². The number of carbonyl (C=O) groups is 1. The molecule has 21 heavy (non-hydrogen) atoms. The summed E-state index contributed by atoms with van der Waals surface area (Å²) in [7, 11) is 0. The second-order valence-electron chi connectivity index (χ2n) is 6.87. The van der Waals surface area contributed by atoms with Gasteiger partial charge in [0.2, 0.25) is 5.91 Å². The number of hydrogen-bond acceptors (Lipinski definition) is 1. The van der Waals surface area contributed by atoms with Crippen LogP contribution in [0.5, 0.6) is 0 Å². The van der Waals surface area contributed by atoms with Crippen molar-refractivity contribution in [3.8, 4) is 0 Å². The number of rotatable bonds is 5. The molecule has 3 heteroatoms. The van der Waals surface area contributed by atoms with Crippen molar-refractivity contribution < 1.29 is 4.79 Å². The van der Waals surface area contributed by atoms with Crippen molar-refractivity contribution in [1.82, 2.24) is 10.3 Å². The number of benzene rings is 1. The van der Waals surface area contributed by atoms with Gasteiger partial charge in [0.15, 0.2) is 0 Å². The minimum atomic E-state index is 0.104. The molecular formula is C18H26N2O. The molecule has 114 valence electrons. The van der Waals surface area contributed by atoms with Gasteiger partial charge in [-0.15, -0.1) is 0 Å². The van der Waals surface area contributed by atoms with Crippen LogP contribution >= 0.6 is 0 Å². The molecule has 1 atom stereocenters. The van der Waals surface area contributed by atoms with Crippen LogP contribution in [0.15, 0.2) is 30.5 Å². The molecule has 0 spiro atoms. The third-order valence-electron chi connectivity index (χ3n) is 4.20. The molecule has 0 aliphatic rings. The minimum Gasteiger partial charge on any atom is -0.361 e. The highest BCUT2D eigenvalue weighted by Gasteiger charge is 2.21. The molecule has 1 aromatic heterocycles. The van der Waals surface area contributed by atoms with Gasteiger partial charge in [-0.25, -0.2) is 0 Å². The van der Waals surface area contributed by atoms with Crippen molar-refractivity contribution in [1.29, 1.82) is 0 Å². The predicted octanol–water partition coefficient (Wildman–Crippen LogP) is 4.04. The molecule has 2 N–H and O–H groups in total. The van der Waals surface area contributed by atoms with Crippen molar-refractivity contribution in [2.24, 2.45) is 5.41 Å². The molecule has 0 radical (unpaired) electrons. The fourth-order valence-electron chi connectivity index (χ4n) is 2.31. The number of aromatic nitrogens is 1. The lowest BCUT2D eigenvalue weighted by atomic mass is 9.88. The molecule has 0 aliphatic carbocycles. The van der Waals surface area contributed by atoms with Crippen LogP contribution in [0.1, 0.15) is 46.1 Å². The molecule has 1 aromatic carbocycles. The van der Waals surface area contributed by atoms with E-state index in [1.165, 1.54) is 16.5 Å². The number of para-hydroxylation sites is 1. The summed E-state index contributed by atoms with van der Waals surface area (Å²) in [5.41, 5.74) is 2.56. The summed E-state index contributed by atoms with van der Waals surface area (Å²) in [5, 5.41) is 4.36. The van der Waals surface area contributed by atoms with Crippen LogP contribution in [0.25, 0.3) is 10.9 Å². The zero-order chi connectivity index (χ0) is 15.5. The summed E-state index contributed by atoms with van der Waals surface area (Å²) in [6.07, 6.45) is 4.45. The highest BCUT2D eigenvalue weighted by molar-refractivity contribution is 5.83. The Hall–Kier alpha value is -1.77. The first-order valence-corrected chi connectivity index (χ1v) is 7.72. The quantitative estimate of drug-likeness (QED) is 0.856. The molecular weight excluding hydrogens is 260 g/mol. The average Bonchev–Trinajstić information content (AvgIpc) is 2.81. The van der Waals surface area contributed by atoms with Crippen molar-refractivity contribution in [3.63, 3.8) is 0 Å². The molecule has 0 saturated carbocycles. The summed E-state index contributed by atoms with van der Waals surface area (Å²) < 4.78 is 0. The zero-order valence-corrected chi connectivity index (χ0v) is 13.5. The standard InChI is InChI=1S/C18H26N2O/c1-13(18(2,3)4)20-17(21)11-7-8-14-12-19-16-10-6-5-9-15(14)16/h5-6,9-10,12-13,19H,7-8,11H2,1-4H3,(H,20,21). The van der Waals surface area contributed by atoms with E-state index in [0.29, 0.717) is 6.42 Å². The Labute approximate surface area is 127 Å². The molecule has 2 rings (SSSR count). The molecule has 3 nitrogen and oxygen atoms in total. The lowest BCUT2D eigenvalue weighted by Crippen LogP contribution is -2.41. The molecule has 0 bridgehead atoms. The Bertz CT molecular complexity index is 607. The molecule has 1 unspecified atom stereocenters. The maximum atomic E-state index is 12.0.